The Kier molecular flexibility index (Phi) is 5.04. The largest absolute Gasteiger partial charge is 0.363 e. The summed E-state index contributed by atoms with van der Waals surface area (Å²) in [5.41, 5.74) is 1.09. The van der Waals surface area contributed by atoms with Gasteiger partial charge in [-0.1, -0.05) is 0 Å². The maximum absolute atomic E-state index is 12.8. The lowest BCUT2D eigenvalue weighted by Crippen LogP contribution is -2.48. The monoisotopic (exact) mass is 385 g/mol. The highest BCUT2D eigenvalue weighted by molar-refractivity contribution is 7.12. The predicted octanol–water partition coefficient (Wildman–Crippen LogP) is 3.19. The molecule has 1 saturated carbocycles. The smallest absolute Gasteiger partial charge is 0.264 e. The van der Waals surface area contributed by atoms with Gasteiger partial charge in [0, 0.05) is 45.3 Å². The average molecular weight is 386 g/mol. The summed E-state index contributed by atoms with van der Waals surface area (Å²) in [6.07, 6.45) is 6.11. The zero-order chi connectivity index (χ0) is 19.0. The van der Waals surface area contributed by atoms with E-state index in [9.17, 15) is 4.79 Å². The molecule has 0 unspecified atom stereocenters. The van der Waals surface area contributed by atoms with Crippen molar-refractivity contribution in [3.05, 3.63) is 34.3 Å². The van der Waals surface area contributed by atoms with Crippen LogP contribution < -0.4 is 9.80 Å². The molecule has 27 heavy (non-hydrogen) atoms. The van der Waals surface area contributed by atoms with Gasteiger partial charge in [-0.15, -0.1) is 11.3 Å². The van der Waals surface area contributed by atoms with Gasteiger partial charge in [-0.25, -0.2) is 9.97 Å². The van der Waals surface area contributed by atoms with Crippen LogP contribution in [0.5, 0.6) is 0 Å². The summed E-state index contributed by atoms with van der Waals surface area (Å²) in [5.74, 6) is 2.15. The van der Waals surface area contributed by atoms with Gasteiger partial charge >= 0.3 is 0 Å². The Bertz CT molecular complexity index is 808. The molecular weight excluding hydrogens is 358 g/mol. The molecule has 0 aromatic carbocycles. The van der Waals surface area contributed by atoms with Crippen molar-refractivity contribution in [1.29, 1.82) is 0 Å². The molecule has 4 rings (SSSR count). The molecule has 1 aliphatic carbocycles. The number of aromatic nitrogens is 2. The summed E-state index contributed by atoms with van der Waals surface area (Å²) in [5, 5.41) is 2.00. The number of hydrogen-bond donors (Lipinski definition) is 0. The van der Waals surface area contributed by atoms with Crippen LogP contribution in [-0.4, -0.2) is 60.0 Å². The zero-order valence-corrected chi connectivity index (χ0v) is 17.1. The number of amides is 1. The first-order valence-corrected chi connectivity index (χ1v) is 10.5. The van der Waals surface area contributed by atoms with E-state index in [0.29, 0.717) is 12.1 Å². The van der Waals surface area contributed by atoms with Gasteiger partial charge in [0.15, 0.2) is 0 Å². The van der Waals surface area contributed by atoms with Crippen molar-refractivity contribution in [2.24, 2.45) is 0 Å². The minimum absolute atomic E-state index is 0.191. The second kappa shape index (κ2) is 7.46. The van der Waals surface area contributed by atoms with Crippen molar-refractivity contribution in [3.63, 3.8) is 0 Å². The first-order chi connectivity index (χ1) is 13.0. The minimum atomic E-state index is 0.191. The molecule has 0 bridgehead atoms. The highest BCUT2D eigenvalue weighted by atomic mass is 32.1. The quantitative estimate of drug-likeness (QED) is 0.791. The summed E-state index contributed by atoms with van der Waals surface area (Å²) in [7, 11) is 4.01. The van der Waals surface area contributed by atoms with Gasteiger partial charge < -0.3 is 14.7 Å². The summed E-state index contributed by atoms with van der Waals surface area (Å²) in [4.78, 5) is 29.1. The van der Waals surface area contributed by atoms with Crippen molar-refractivity contribution in [3.8, 4) is 0 Å². The topological polar surface area (TPSA) is 52.6 Å². The van der Waals surface area contributed by atoms with Crippen LogP contribution in [0.25, 0.3) is 0 Å². The molecule has 2 fully saturated rings. The van der Waals surface area contributed by atoms with Crippen molar-refractivity contribution in [2.75, 3.05) is 37.0 Å². The number of aryl methyl sites for hydroxylation is 1. The molecule has 0 radical (unpaired) electrons. The molecule has 7 heteroatoms. The molecule has 0 spiro atoms. The number of piperidine rings is 1. The molecular formula is C20H27N5OS. The lowest BCUT2D eigenvalue weighted by molar-refractivity contribution is 0.0716. The minimum Gasteiger partial charge on any atom is -0.363 e. The number of rotatable bonds is 5. The van der Waals surface area contributed by atoms with Crippen molar-refractivity contribution in [2.45, 2.75) is 44.7 Å². The van der Waals surface area contributed by atoms with Crippen LogP contribution in [0.15, 0.2) is 23.8 Å². The van der Waals surface area contributed by atoms with Crippen LogP contribution in [0.4, 0.5) is 11.6 Å². The van der Waals surface area contributed by atoms with Crippen molar-refractivity contribution >= 4 is 28.9 Å². The van der Waals surface area contributed by atoms with Gasteiger partial charge in [0.1, 0.15) is 18.0 Å². The molecule has 2 aromatic heterocycles. The number of thiophene rings is 1. The van der Waals surface area contributed by atoms with Crippen LogP contribution in [0.1, 0.15) is 40.9 Å². The van der Waals surface area contributed by atoms with Crippen LogP contribution in [0.2, 0.25) is 0 Å². The number of nitrogens with zero attached hydrogens (tertiary/aromatic N) is 5. The van der Waals surface area contributed by atoms with Gasteiger partial charge in [0.25, 0.3) is 5.91 Å². The summed E-state index contributed by atoms with van der Waals surface area (Å²) in [6.45, 7) is 3.65. The lowest BCUT2D eigenvalue weighted by Gasteiger charge is -2.39. The molecule has 1 amide bonds. The highest BCUT2D eigenvalue weighted by Crippen LogP contribution is 2.36. The molecule has 2 aromatic rings. The van der Waals surface area contributed by atoms with Crippen LogP contribution in [0, 0.1) is 6.92 Å². The molecule has 1 saturated heterocycles. The molecule has 144 valence electrons. The summed E-state index contributed by atoms with van der Waals surface area (Å²) < 4.78 is 0. The SMILES string of the molecule is Cc1ccsc1C(=O)N1CCC(N(c2cc(N(C)C)ncn2)C2CC2)CC1. The third-order valence-corrected chi connectivity index (χ3v) is 6.51. The second-order valence-corrected chi connectivity index (χ2v) is 8.64. The number of anilines is 2. The third kappa shape index (κ3) is 3.78. The fraction of sp³-hybridized carbons (Fsp3) is 0.550. The van der Waals surface area contributed by atoms with Crippen molar-refractivity contribution < 1.29 is 4.79 Å². The first-order valence-electron chi connectivity index (χ1n) is 9.65. The van der Waals surface area contributed by atoms with Gasteiger partial charge in [-0.2, -0.15) is 0 Å². The second-order valence-electron chi connectivity index (χ2n) is 7.72. The molecule has 0 N–H and O–H groups in total. The van der Waals surface area contributed by atoms with E-state index in [0.717, 1.165) is 48.0 Å². The molecule has 3 heterocycles. The Balaban J connectivity index is 1.46. The molecule has 1 aliphatic heterocycles. The number of carbonyl (C=O) groups is 1. The van der Waals surface area contributed by atoms with E-state index in [-0.39, 0.29) is 5.91 Å². The number of carbonyl (C=O) groups excluding carboxylic acids is 1. The van der Waals surface area contributed by atoms with E-state index in [4.69, 9.17) is 0 Å². The van der Waals surface area contributed by atoms with Gasteiger partial charge in [0.05, 0.1) is 4.88 Å². The Morgan fingerprint density at radius 2 is 1.78 bits per heavy atom. The Morgan fingerprint density at radius 3 is 2.37 bits per heavy atom. The molecule has 6 nitrogen and oxygen atoms in total. The van der Waals surface area contributed by atoms with E-state index in [1.54, 1.807) is 17.7 Å². The summed E-state index contributed by atoms with van der Waals surface area (Å²) in [6, 6.07) is 5.14. The Labute approximate surface area is 164 Å². The fourth-order valence-electron chi connectivity index (χ4n) is 3.83. The van der Waals surface area contributed by atoms with E-state index in [1.807, 2.05) is 42.3 Å². The lowest BCUT2D eigenvalue weighted by atomic mass is 10.0. The third-order valence-electron chi connectivity index (χ3n) is 5.50. The van der Waals surface area contributed by atoms with Gasteiger partial charge in [-0.05, 0) is 49.6 Å². The van der Waals surface area contributed by atoms with E-state index < -0.39 is 0 Å². The van der Waals surface area contributed by atoms with Crippen LogP contribution in [0.3, 0.4) is 0 Å². The van der Waals surface area contributed by atoms with E-state index >= 15 is 0 Å². The van der Waals surface area contributed by atoms with Crippen molar-refractivity contribution in [1.82, 2.24) is 14.9 Å². The highest BCUT2D eigenvalue weighted by Gasteiger charge is 2.37. The van der Waals surface area contributed by atoms with E-state index in [1.165, 1.54) is 12.8 Å². The fourth-order valence-corrected chi connectivity index (χ4v) is 4.72. The molecule has 0 atom stereocenters. The number of hydrogen-bond acceptors (Lipinski definition) is 6. The Morgan fingerprint density at radius 1 is 1.11 bits per heavy atom. The standard InChI is InChI=1S/C20H27N5OS/c1-14-8-11-27-19(14)20(26)24-9-6-16(7-10-24)25(15-4-5-15)18-12-17(23(2)3)21-13-22-18/h8,11-13,15-16H,4-7,9-10H2,1-3H3. The maximum atomic E-state index is 12.8. The molecule has 2 aliphatic rings. The Hall–Kier alpha value is -2.15. The van der Waals surface area contributed by atoms with Crippen LogP contribution in [-0.2, 0) is 0 Å². The van der Waals surface area contributed by atoms with Gasteiger partial charge in [-0.3, -0.25) is 4.79 Å². The number of likely N-dealkylation sites (tertiary alicyclic amines) is 1. The van der Waals surface area contributed by atoms with Gasteiger partial charge in [0.2, 0.25) is 0 Å². The normalized spacial score (nSPS) is 17.8. The maximum Gasteiger partial charge on any atom is 0.264 e. The van der Waals surface area contributed by atoms with Crippen LogP contribution >= 0.6 is 11.3 Å². The summed E-state index contributed by atoms with van der Waals surface area (Å²) >= 11 is 1.55. The van der Waals surface area contributed by atoms with E-state index in [2.05, 4.69) is 20.9 Å². The first kappa shape index (κ1) is 18.2. The zero-order valence-electron chi connectivity index (χ0n) is 16.3. The predicted molar refractivity (Wildman–Crippen MR) is 110 cm³/mol. The average Bonchev–Trinajstić information content (AvgIpc) is 3.42.